The van der Waals surface area contributed by atoms with E-state index in [9.17, 15) is 9.59 Å². The summed E-state index contributed by atoms with van der Waals surface area (Å²) in [7, 11) is 1.81. The topological polar surface area (TPSA) is 108 Å². The van der Waals surface area contributed by atoms with Gasteiger partial charge in [-0.15, -0.1) is 0 Å². The molecule has 1 aliphatic heterocycles. The summed E-state index contributed by atoms with van der Waals surface area (Å²) in [5, 5.41) is 7.31. The number of aryl methyl sites for hydroxylation is 2. The van der Waals surface area contributed by atoms with E-state index in [2.05, 4.69) is 10.4 Å². The molecule has 2 heterocycles. The molecule has 1 aromatic carbocycles. The maximum atomic E-state index is 12.2. The normalized spacial score (nSPS) is 16.0. The van der Waals surface area contributed by atoms with Crippen LogP contribution in [0.25, 0.3) is 0 Å². The first-order valence-corrected chi connectivity index (χ1v) is 8.41. The van der Waals surface area contributed by atoms with Gasteiger partial charge in [0, 0.05) is 24.9 Å². The van der Waals surface area contributed by atoms with Crippen LogP contribution in [-0.2, 0) is 16.6 Å². The fourth-order valence-corrected chi connectivity index (χ4v) is 3.27. The Bertz CT molecular complexity index is 859. The zero-order valence-electron chi connectivity index (χ0n) is 15.0. The van der Waals surface area contributed by atoms with E-state index < -0.39 is 5.91 Å². The molecule has 1 aromatic heterocycles. The molecule has 0 spiro atoms. The number of amides is 2. The number of nitrogens with two attached hydrogens (primary N) is 1. The molecule has 0 aliphatic carbocycles. The minimum absolute atomic E-state index is 0.0579. The van der Waals surface area contributed by atoms with Crippen molar-refractivity contribution < 1.29 is 19.1 Å². The van der Waals surface area contributed by atoms with Crippen molar-refractivity contribution in [2.24, 2.45) is 12.8 Å². The fourth-order valence-electron chi connectivity index (χ4n) is 3.27. The molecule has 26 heavy (non-hydrogen) atoms. The lowest BCUT2D eigenvalue weighted by molar-refractivity contribution is -0.120. The molecule has 138 valence electrons. The van der Waals surface area contributed by atoms with Crippen LogP contribution in [0.15, 0.2) is 18.2 Å². The molecule has 1 atom stereocenters. The summed E-state index contributed by atoms with van der Waals surface area (Å²) in [4.78, 5) is 23.1. The molecule has 2 aromatic rings. The summed E-state index contributed by atoms with van der Waals surface area (Å²) in [5.74, 6) is 0.930. The van der Waals surface area contributed by atoms with Crippen molar-refractivity contribution in [3.05, 3.63) is 35.0 Å². The van der Waals surface area contributed by atoms with Crippen LogP contribution < -0.4 is 20.5 Å². The Morgan fingerprint density at radius 3 is 2.85 bits per heavy atom. The van der Waals surface area contributed by atoms with Gasteiger partial charge in [-0.3, -0.25) is 14.3 Å². The maximum Gasteiger partial charge on any atom is 0.255 e. The number of carbonyl (C=O) groups excluding carboxylic acids is 2. The van der Waals surface area contributed by atoms with Gasteiger partial charge in [0.2, 0.25) is 5.91 Å². The van der Waals surface area contributed by atoms with Gasteiger partial charge in [0.15, 0.2) is 18.1 Å². The molecule has 0 fully saturated rings. The molecule has 0 saturated heterocycles. The summed E-state index contributed by atoms with van der Waals surface area (Å²) in [5.41, 5.74) is 7.94. The number of fused-ring (bicyclic) bond motifs is 1. The standard InChI is InChI=1S/C18H22N4O4/c1-4-25-14-7-11(5-6-13(14)26-9-15(19)23)12-8-16(24)20-18-17(12)10(2)21-22(18)3/h5-7,12H,4,8-9H2,1-3H3,(H2,19,23)(H,20,24)/t12-/m0/s1. The number of aromatic nitrogens is 2. The largest absolute Gasteiger partial charge is 0.490 e. The van der Waals surface area contributed by atoms with E-state index in [0.717, 1.165) is 22.6 Å². The van der Waals surface area contributed by atoms with E-state index in [4.69, 9.17) is 15.2 Å². The minimum Gasteiger partial charge on any atom is -0.490 e. The van der Waals surface area contributed by atoms with Crippen LogP contribution in [0.4, 0.5) is 5.82 Å². The number of ether oxygens (including phenoxy) is 2. The Hall–Kier alpha value is -3.03. The lowest BCUT2D eigenvalue weighted by Crippen LogP contribution is -2.24. The number of rotatable bonds is 6. The molecule has 1 aliphatic rings. The van der Waals surface area contributed by atoms with Crippen LogP contribution in [0.5, 0.6) is 11.5 Å². The van der Waals surface area contributed by atoms with Crippen LogP contribution >= 0.6 is 0 Å². The van der Waals surface area contributed by atoms with E-state index in [-0.39, 0.29) is 18.4 Å². The van der Waals surface area contributed by atoms with Gasteiger partial charge >= 0.3 is 0 Å². The number of nitrogens with one attached hydrogen (secondary N) is 1. The number of nitrogens with zero attached hydrogens (tertiary/aromatic N) is 2. The van der Waals surface area contributed by atoms with Gasteiger partial charge in [0.25, 0.3) is 5.91 Å². The molecule has 2 amide bonds. The monoisotopic (exact) mass is 358 g/mol. The number of hydrogen-bond acceptors (Lipinski definition) is 5. The van der Waals surface area contributed by atoms with Crippen molar-refractivity contribution in [3.63, 3.8) is 0 Å². The second-order valence-electron chi connectivity index (χ2n) is 6.17. The molecule has 0 radical (unpaired) electrons. The second-order valence-corrected chi connectivity index (χ2v) is 6.17. The van der Waals surface area contributed by atoms with Gasteiger partial charge in [-0.25, -0.2) is 0 Å². The van der Waals surface area contributed by atoms with E-state index in [1.165, 1.54) is 0 Å². The predicted octanol–water partition coefficient (Wildman–Crippen LogP) is 1.47. The number of hydrogen-bond donors (Lipinski definition) is 2. The highest BCUT2D eigenvalue weighted by atomic mass is 16.5. The van der Waals surface area contributed by atoms with Gasteiger partial charge in [0.1, 0.15) is 5.82 Å². The quantitative estimate of drug-likeness (QED) is 0.813. The van der Waals surface area contributed by atoms with E-state index in [0.29, 0.717) is 24.5 Å². The summed E-state index contributed by atoms with van der Waals surface area (Å²) in [6, 6.07) is 5.46. The fraction of sp³-hybridized carbons (Fsp3) is 0.389. The molecule has 0 bridgehead atoms. The molecule has 0 unspecified atom stereocenters. The summed E-state index contributed by atoms with van der Waals surface area (Å²) < 4.78 is 12.8. The number of carbonyl (C=O) groups is 2. The molecule has 8 heteroatoms. The van der Waals surface area contributed by atoms with Crippen molar-refractivity contribution in [2.45, 2.75) is 26.2 Å². The van der Waals surface area contributed by atoms with Crippen LogP contribution in [0.2, 0.25) is 0 Å². The highest BCUT2D eigenvalue weighted by Crippen LogP contribution is 2.41. The number of benzene rings is 1. The third-order valence-electron chi connectivity index (χ3n) is 4.30. The lowest BCUT2D eigenvalue weighted by atomic mass is 9.85. The van der Waals surface area contributed by atoms with Crippen molar-refractivity contribution >= 4 is 17.6 Å². The van der Waals surface area contributed by atoms with Crippen LogP contribution in [0, 0.1) is 6.92 Å². The first-order chi connectivity index (χ1) is 12.4. The zero-order chi connectivity index (χ0) is 18.8. The van der Waals surface area contributed by atoms with Crippen molar-refractivity contribution in [2.75, 3.05) is 18.5 Å². The predicted molar refractivity (Wildman–Crippen MR) is 95.3 cm³/mol. The Kier molecular flexibility index (Phi) is 4.83. The van der Waals surface area contributed by atoms with Gasteiger partial charge in [0.05, 0.1) is 12.3 Å². The summed E-state index contributed by atoms with van der Waals surface area (Å²) in [6.45, 7) is 4.01. The molecular formula is C18H22N4O4. The highest BCUT2D eigenvalue weighted by Gasteiger charge is 2.32. The second kappa shape index (κ2) is 7.07. The van der Waals surface area contributed by atoms with Gasteiger partial charge in [-0.1, -0.05) is 6.07 Å². The van der Waals surface area contributed by atoms with Gasteiger partial charge in [-0.2, -0.15) is 5.10 Å². The lowest BCUT2D eigenvalue weighted by Gasteiger charge is -2.24. The summed E-state index contributed by atoms with van der Waals surface area (Å²) in [6.07, 6.45) is 0.326. The zero-order valence-corrected chi connectivity index (χ0v) is 15.0. The van der Waals surface area contributed by atoms with Crippen LogP contribution in [-0.4, -0.2) is 34.8 Å². The third-order valence-corrected chi connectivity index (χ3v) is 4.30. The van der Waals surface area contributed by atoms with Crippen molar-refractivity contribution in [1.82, 2.24) is 9.78 Å². The molecule has 3 rings (SSSR count). The first kappa shape index (κ1) is 17.8. The molecule has 0 saturated carbocycles. The number of primary amides is 1. The average molecular weight is 358 g/mol. The Balaban J connectivity index is 2.00. The number of anilines is 1. The van der Waals surface area contributed by atoms with Gasteiger partial charge in [-0.05, 0) is 31.5 Å². The highest BCUT2D eigenvalue weighted by molar-refractivity contribution is 5.94. The third kappa shape index (κ3) is 3.35. The van der Waals surface area contributed by atoms with Crippen LogP contribution in [0.3, 0.4) is 0 Å². The maximum absolute atomic E-state index is 12.2. The van der Waals surface area contributed by atoms with E-state index in [1.54, 1.807) is 17.8 Å². The van der Waals surface area contributed by atoms with Crippen LogP contribution in [0.1, 0.15) is 36.1 Å². The first-order valence-electron chi connectivity index (χ1n) is 8.41. The van der Waals surface area contributed by atoms with Crippen molar-refractivity contribution in [3.8, 4) is 11.5 Å². The van der Waals surface area contributed by atoms with E-state index in [1.807, 2.05) is 26.0 Å². The Morgan fingerprint density at radius 2 is 2.15 bits per heavy atom. The summed E-state index contributed by atoms with van der Waals surface area (Å²) >= 11 is 0. The SMILES string of the molecule is CCOc1cc([C@@H]2CC(=O)Nc3c2c(C)nn3C)ccc1OCC(N)=O. The Labute approximate surface area is 151 Å². The van der Waals surface area contributed by atoms with E-state index >= 15 is 0 Å². The smallest absolute Gasteiger partial charge is 0.255 e. The van der Waals surface area contributed by atoms with Crippen molar-refractivity contribution in [1.29, 1.82) is 0 Å². The molecular weight excluding hydrogens is 336 g/mol. The van der Waals surface area contributed by atoms with Gasteiger partial charge < -0.3 is 20.5 Å². The molecule has 3 N–H and O–H groups in total. The average Bonchev–Trinajstić information content (AvgIpc) is 2.87. The Morgan fingerprint density at radius 1 is 1.38 bits per heavy atom. The minimum atomic E-state index is -0.559. The molecule has 8 nitrogen and oxygen atoms in total.